The van der Waals surface area contributed by atoms with Crippen LogP contribution < -0.4 is 5.73 Å². The number of nitrogens with two attached hydrogens (primary N) is 1. The summed E-state index contributed by atoms with van der Waals surface area (Å²) in [6, 6.07) is 1.48. The van der Waals surface area contributed by atoms with Crippen LogP contribution in [-0.4, -0.2) is 74.5 Å². The number of nitrogen functional groups attached to an aromatic ring is 1. The van der Waals surface area contributed by atoms with E-state index in [9.17, 15) is 14.4 Å². The molecule has 1 spiro atoms. The van der Waals surface area contributed by atoms with Gasteiger partial charge in [-0.3, -0.25) is 14.5 Å². The van der Waals surface area contributed by atoms with E-state index in [1.807, 2.05) is 20.8 Å². The molecule has 0 aromatic carbocycles. The average Bonchev–Trinajstić information content (AvgIpc) is 3.01. The molecule has 0 aliphatic carbocycles. The number of rotatable bonds is 4. The summed E-state index contributed by atoms with van der Waals surface area (Å²) in [6.45, 7) is 7.35. The highest BCUT2D eigenvalue weighted by atomic mass is 16.2. The fraction of sp³-hybridized carbons (Fsp3) is 0.667. The second kappa shape index (κ2) is 6.86. The number of nitrogens with zero attached hydrogens (tertiary/aromatic N) is 5. The number of carbonyl (C=O) groups excluding carboxylic acids is 3. The molecule has 1 aromatic heterocycles. The standard InChI is InChI=1S/C18H28N6O3/c1-12(2)10-23-17(27)21(4)16(26)18(23)5-7-22(8-6-18)15(25)11-24-14(19)9-13(3)20-24/h9,12H,5-8,10-11,19H2,1-4H3. The van der Waals surface area contributed by atoms with Crippen molar-refractivity contribution in [3.8, 4) is 0 Å². The van der Waals surface area contributed by atoms with Crippen LogP contribution >= 0.6 is 0 Å². The number of amides is 4. The summed E-state index contributed by atoms with van der Waals surface area (Å²) >= 11 is 0. The number of imide groups is 1. The van der Waals surface area contributed by atoms with Gasteiger partial charge >= 0.3 is 6.03 Å². The number of urea groups is 1. The minimum absolute atomic E-state index is 0.0785. The maximum absolute atomic E-state index is 12.8. The molecule has 0 saturated carbocycles. The van der Waals surface area contributed by atoms with Crippen LogP contribution in [0.15, 0.2) is 6.07 Å². The maximum Gasteiger partial charge on any atom is 0.327 e. The summed E-state index contributed by atoms with van der Waals surface area (Å²) in [6.07, 6.45) is 0.905. The van der Waals surface area contributed by atoms with E-state index in [1.54, 1.807) is 15.9 Å². The Morgan fingerprint density at radius 2 is 1.93 bits per heavy atom. The molecule has 2 fully saturated rings. The van der Waals surface area contributed by atoms with Crippen LogP contribution in [0.25, 0.3) is 0 Å². The summed E-state index contributed by atoms with van der Waals surface area (Å²) < 4.78 is 1.49. The van der Waals surface area contributed by atoms with Crippen molar-refractivity contribution >= 4 is 23.7 Å². The van der Waals surface area contributed by atoms with Crippen LogP contribution in [0.5, 0.6) is 0 Å². The summed E-state index contributed by atoms with van der Waals surface area (Å²) in [5, 5.41) is 4.22. The van der Waals surface area contributed by atoms with E-state index in [0.717, 1.165) is 5.69 Å². The first-order valence-corrected chi connectivity index (χ1v) is 9.33. The highest BCUT2D eigenvalue weighted by molar-refractivity contribution is 6.07. The Balaban J connectivity index is 1.71. The second-order valence-corrected chi connectivity index (χ2v) is 7.93. The van der Waals surface area contributed by atoms with Crippen molar-refractivity contribution in [1.29, 1.82) is 0 Å². The molecular weight excluding hydrogens is 348 g/mol. The number of piperidine rings is 1. The van der Waals surface area contributed by atoms with Crippen LogP contribution in [0.1, 0.15) is 32.4 Å². The third kappa shape index (κ3) is 3.26. The van der Waals surface area contributed by atoms with Crippen LogP contribution in [0.4, 0.5) is 10.6 Å². The number of aryl methyl sites for hydroxylation is 1. The van der Waals surface area contributed by atoms with Crippen LogP contribution in [0, 0.1) is 12.8 Å². The quantitative estimate of drug-likeness (QED) is 0.778. The van der Waals surface area contributed by atoms with Crippen LogP contribution in [0.2, 0.25) is 0 Å². The van der Waals surface area contributed by atoms with E-state index in [-0.39, 0.29) is 30.3 Å². The Morgan fingerprint density at radius 1 is 1.30 bits per heavy atom. The van der Waals surface area contributed by atoms with Gasteiger partial charge in [0.15, 0.2) is 0 Å². The molecule has 0 bridgehead atoms. The predicted octanol–water partition coefficient (Wildman–Crippen LogP) is 0.685. The number of aromatic nitrogens is 2. The highest BCUT2D eigenvalue weighted by Gasteiger charge is 2.57. The van der Waals surface area contributed by atoms with Gasteiger partial charge < -0.3 is 15.5 Å². The third-order valence-electron chi connectivity index (χ3n) is 5.45. The number of likely N-dealkylation sites (tertiary alicyclic amines) is 1. The van der Waals surface area contributed by atoms with Crippen molar-refractivity contribution in [3.05, 3.63) is 11.8 Å². The van der Waals surface area contributed by atoms with E-state index in [4.69, 9.17) is 5.73 Å². The lowest BCUT2D eigenvalue weighted by atomic mass is 9.85. The molecule has 1 aromatic rings. The third-order valence-corrected chi connectivity index (χ3v) is 5.45. The molecule has 3 rings (SSSR count). The number of hydrogen-bond donors (Lipinski definition) is 1. The van der Waals surface area contributed by atoms with E-state index >= 15 is 0 Å². The summed E-state index contributed by atoms with van der Waals surface area (Å²) in [7, 11) is 1.53. The predicted molar refractivity (Wildman–Crippen MR) is 99.6 cm³/mol. The van der Waals surface area contributed by atoms with Crippen LogP contribution in [-0.2, 0) is 16.1 Å². The van der Waals surface area contributed by atoms with Crippen molar-refractivity contribution in [3.63, 3.8) is 0 Å². The van der Waals surface area contributed by atoms with Gasteiger partial charge in [-0.1, -0.05) is 13.8 Å². The fourth-order valence-electron chi connectivity index (χ4n) is 4.03. The average molecular weight is 376 g/mol. The Kier molecular flexibility index (Phi) is 4.88. The highest BCUT2D eigenvalue weighted by Crippen LogP contribution is 2.37. The van der Waals surface area contributed by atoms with Gasteiger partial charge in [0.25, 0.3) is 5.91 Å². The molecule has 0 unspecified atom stereocenters. The van der Waals surface area contributed by atoms with Gasteiger partial charge in [0.1, 0.15) is 17.9 Å². The molecule has 3 heterocycles. The monoisotopic (exact) mass is 376 g/mol. The van der Waals surface area contributed by atoms with Gasteiger partial charge in [0, 0.05) is 32.7 Å². The van der Waals surface area contributed by atoms with E-state index < -0.39 is 5.54 Å². The van der Waals surface area contributed by atoms with Crippen molar-refractivity contribution in [1.82, 2.24) is 24.5 Å². The molecule has 2 aliphatic rings. The minimum atomic E-state index is -0.825. The topological polar surface area (TPSA) is 105 Å². The van der Waals surface area contributed by atoms with Crippen molar-refractivity contribution < 1.29 is 14.4 Å². The lowest BCUT2D eigenvalue weighted by molar-refractivity contribution is -0.141. The molecule has 2 N–H and O–H groups in total. The zero-order valence-electron chi connectivity index (χ0n) is 16.4. The molecule has 9 heteroatoms. The first-order chi connectivity index (χ1) is 12.7. The zero-order valence-corrected chi connectivity index (χ0v) is 16.4. The summed E-state index contributed by atoms with van der Waals surface area (Å²) in [5.41, 5.74) is 5.80. The lowest BCUT2D eigenvalue weighted by Crippen LogP contribution is -2.58. The molecule has 0 radical (unpaired) electrons. The molecule has 4 amide bonds. The number of hydrogen-bond acceptors (Lipinski definition) is 5. The van der Waals surface area contributed by atoms with Gasteiger partial charge in [-0.2, -0.15) is 5.10 Å². The number of likely N-dealkylation sites (N-methyl/N-ethyl adjacent to an activating group) is 1. The molecule has 0 atom stereocenters. The molecule has 2 aliphatic heterocycles. The molecule has 2 saturated heterocycles. The van der Waals surface area contributed by atoms with E-state index in [0.29, 0.717) is 38.3 Å². The zero-order chi connectivity index (χ0) is 19.9. The molecule has 9 nitrogen and oxygen atoms in total. The Bertz CT molecular complexity index is 763. The molecule has 148 valence electrons. The number of carbonyl (C=O) groups is 3. The first kappa shape index (κ1) is 19.2. The van der Waals surface area contributed by atoms with Crippen molar-refractivity contribution in [2.45, 2.75) is 45.7 Å². The van der Waals surface area contributed by atoms with E-state index in [2.05, 4.69) is 5.10 Å². The first-order valence-electron chi connectivity index (χ1n) is 9.33. The van der Waals surface area contributed by atoms with Gasteiger partial charge in [-0.05, 0) is 25.7 Å². The maximum atomic E-state index is 12.8. The SMILES string of the molecule is Cc1cc(N)n(CC(=O)N2CCC3(CC2)C(=O)N(C)C(=O)N3CC(C)C)n1. The molecule has 27 heavy (non-hydrogen) atoms. The number of anilines is 1. The fourth-order valence-corrected chi connectivity index (χ4v) is 4.03. The smallest absolute Gasteiger partial charge is 0.327 e. The Labute approximate surface area is 159 Å². The van der Waals surface area contributed by atoms with Gasteiger partial charge in [-0.15, -0.1) is 0 Å². The van der Waals surface area contributed by atoms with E-state index in [1.165, 1.54) is 16.6 Å². The van der Waals surface area contributed by atoms with Gasteiger partial charge in [-0.25, -0.2) is 9.48 Å². The second-order valence-electron chi connectivity index (χ2n) is 7.93. The van der Waals surface area contributed by atoms with Crippen LogP contribution in [0.3, 0.4) is 0 Å². The Morgan fingerprint density at radius 3 is 2.44 bits per heavy atom. The largest absolute Gasteiger partial charge is 0.384 e. The van der Waals surface area contributed by atoms with Gasteiger partial charge in [0.2, 0.25) is 5.91 Å². The normalized spacial score (nSPS) is 19.7. The Hall–Kier alpha value is -2.58. The minimum Gasteiger partial charge on any atom is -0.384 e. The van der Waals surface area contributed by atoms with Gasteiger partial charge in [0.05, 0.1) is 5.69 Å². The summed E-state index contributed by atoms with van der Waals surface area (Å²) in [5.74, 6) is 0.471. The molecular formula is C18H28N6O3. The van der Waals surface area contributed by atoms with Crippen molar-refractivity contribution in [2.24, 2.45) is 5.92 Å². The van der Waals surface area contributed by atoms with Crippen molar-refractivity contribution in [2.75, 3.05) is 32.4 Å². The summed E-state index contributed by atoms with van der Waals surface area (Å²) in [4.78, 5) is 42.7. The lowest BCUT2D eigenvalue weighted by Gasteiger charge is -2.42.